The zero-order valence-corrected chi connectivity index (χ0v) is 11.1. The number of hydrogen-bond donors (Lipinski definition) is 2. The van der Waals surface area contributed by atoms with Gasteiger partial charge in [-0.25, -0.2) is 4.98 Å². The fourth-order valence-electron chi connectivity index (χ4n) is 2.09. The summed E-state index contributed by atoms with van der Waals surface area (Å²) in [6, 6.07) is 9.89. The molecule has 3 N–H and O–H groups in total. The highest BCUT2D eigenvalue weighted by Crippen LogP contribution is 2.33. The summed E-state index contributed by atoms with van der Waals surface area (Å²) in [5.41, 5.74) is 8.29. The molecule has 98 valence electrons. The fraction of sp³-hybridized carbons (Fsp3) is 0. The maximum absolute atomic E-state index is 5.81. The standard InChI is InChI=1S/C14H10N4OS/c15-13-9(6-16-18-13)14-17-10(7-20-14)12-5-8-3-1-2-4-11(8)19-12/h1-7H,(H3,15,16,18). The van der Waals surface area contributed by atoms with Crippen molar-refractivity contribution in [2.24, 2.45) is 0 Å². The number of nitrogens with one attached hydrogen (secondary N) is 1. The van der Waals surface area contributed by atoms with Crippen LogP contribution in [0.2, 0.25) is 0 Å². The molecular weight excluding hydrogens is 272 g/mol. The van der Waals surface area contributed by atoms with Crippen LogP contribution in [-0.4, -0.2) is 15.2 Å². The molecule has 0 radical (unpaired) electrons. The predicted molar refractivity (Wildman–Crippen MR) is 79.3 cm³/mol. The van der Waals surface area contributed by atoms with Crippen LogP contribution in [0.4, 0.5) is 5.82 Å². The van der Waals surface area contributed by atoms with Crippen LogP contribution in [0.25, 0.3) is 33.0 Å². The maximum atomic E-state index is 5.81. The Morgan fingerprint density at radius 1 is 1.25 bits per heavy atom. The van der Waals surface area contributed by atoms with Crippen LogP contribution < -0.4 is 5.73 Å². The van der Waals surface area contributed by atoms with Gasteiger partial charge in [0.05, 0.1) is 11.8 Å². The Hall–Kier alpha value is -2.60. The number of aromatic amines is 1. The lowest BCUT2D eigenvalue weighted by molar-refractivity contribution is 0.629. The average Bonchev–Trinajstić information content (AvgIpc) is 3.15. The van der Waals surface area contributed by atoms with Gasteiger partial charge in [-0.15, -0.1) is 11.3 Å². The summed E-state index contributed by atoms with van der Waals surface area (Å²) in [6.45, 7) is 0. The first-order valence-corrected chi connectivity index (χ1v) is 6.93. The number of fused-ring (bicyclic) bond motifs is 1. The van der Waals surface area contributed by atoms with Gasteiger partial charge in [-0.1, -0.05) is 18.2 Å². The zero-order valence-electron chi connectivity index (χ0n) is 10.3. The normalized spacial score (nSPS) is 11.2. The molecule has 0 amide bonds. The highest BCUT2D eigenvalue weighted by Gasteiger charge is 2.13. The van der Waals surface area contributed by atoms with Gasteiger partial charge in [0.2, 0.25) is 0 Å². The van der Waals surface area contributed by atoms with Crippen molar-refractivity contribution >= 4 is 28.1 Å². The van der Waals surface area contributed by atoms with Gasteiger partial charge < -0.3 is 10.2 Å². The molecule has 0 unspecified atom stereocenters. The lowest BCUT2D eigenvalue weighted by Crippen LogP contribution is -1.87. The number of H-pyrrole nitrogens is 1. The van der Waals surface area contributed by atoms with Crippen LogP contribution >= 0.6 is 11.3 Å². The van der Waals surface area contributed by atoms with E-state index in [1.807, 2.05) is 35.7 Å². The molecule has 4 rings (SSSR count). The number of nitrogens with zero attached hydrogens (tertiary/aromatic N) is 2. The van der Waals surface area contributed by atoms with Crippen molar-refractivity contribution in [3.63, 3.8) is 0 Å². The third kappa shape index (κ3) is 1.70. The maximum Gasteiger partial charge on any atom is 0.154 e. The summed E-state index contributed by atoms with van der Waals surface area (Å²) in [5.74, 6) is 1.28. The van der Waals surface area contributed by atoms with Crippen LogP contribution in [0.3, 0.4) is 0 Å². The summed E-state index contributed by atoms with van der Waals surface area (Å²) in [6.07, 6.45) is 1.68. The first-order chi connectivity index (χ1) is 9.81. The second kappa shape index (κ2) is 4.21. The molecule has 1 aromatic carbocycles. The van der Waals surface area contributed by atoms with Crippen molar-refractivity contribution in [1.29, 1.82) is 0 Å². The summed E-state index contributed by atoms with van der Waals surface area (Å²) in [7, 11) is 0. The predicted octanol–water partition coefficient (Wildman–Crippen LogP) is 3.53. The molecule has 0 fully saturated rings. The van der Waals surface area contributed by atoms with Crippen molar-refractivity contribution in [3.05, 3.63) is 41.9 Å². The highest BCUT2D eigenvalue weighted by molar-refractivity contribution is 7.13. The molecule has 5 nitrogen and oxygen atoms in total. The molecule has 4 aromatic rings. The van der Waals surface area contributed by atoms with Crippen molar-refractivity contribution in [3.8, 4) is 22.0 Å². The molecule has 0 atom stereocenters. The van der Waals surface area contributed by atoms with Gasteiger partial charge in [0.25, 0.3) is 0 Å². The first kappa shape index (κ1) is 11.2. The van der Waals surface area contributed by atoms with Gasteiger partial charge in [0, 0.05) is 10.8 Å². The third-order valence-corrected chi connectivity index (χ3v) is 3.96. The van der Waals surface area contributed by atoms with Gasteiger partial charge in [0.1, 0.15) is 22.1 Å². The average molecular weight is 282 g/mol. The van der Waals surface area contributed by atoms with Crippen LogP contribution in [0.5, 0.6) is 0 Å². The zero-order chi connectivity index (χ0) is 13.5. The minimum absolute atomic E-state index is 0.524. The topological polar surface area (TPSA) is 80.7 Å². The molecule has 0 aliphatic rings. The summed E-state index contributed by atoms with van der Waals surface area (Å²) >= 11 is 1.52. The molecule has 0 saturated heterocycles. The van der Waals surface area contributed by atoms with E-state index in [1.54, 1.807) is 6.20 Å². The third-order valence-electron chi connectivity index (χ3n) is 3.08. The number of thiazole rings is 1. The molecule has 0 spiro atoms. The largest absolute Gasteiger partial charge is 0.454 e. The second-order valence-electron chi connectivity index (χ2n) is 4.38. The van der Waals surface area contributed by atoms with E-state index in [0.717, 1.165) is 33.0 Å². The van der Waals surface area contributed by atoms with Gasteiger partial charge in [-0.3, -0.25) is 5.10 Å². The number of hydrogen-bond acceptors (Lipinski definition) is 5. The minimum atomic E-state index is 0.524. The highest BCUT2D eigenvalue weighted by atomic mass is 32.1. The number of benzene rings is 1. The summed E-state index contributed by atoms with van der Waals surface area (Å²) in [4.78, 5) is 4.56. The van der Waals surface area contributed by atoms with Crippen molar-refractivity contribution in [2.45, 2.75) is 0 Å². The first-order valence-electron chi connectivity index (χ1n) is 6.05. The van der Waals surface area contributed by atoms with Crippen LogP contribution in [-0.2, 0) is 0 Å². The molecule has 3 heterocycles. The second-order valence-corrected chi connectivity index (χ2v) is 5.24. The number of nitrogen functional groups attached to an aromatic ring is 1. The van der Waals surface area contributed by atoms with Gasteiger partial charge in [-0.05, 0) is 12.1 Å². The molecule has 3 aromatic heterocycles. The van der Waals surface area contributed by atoms with E-state index in [9.17, 15) is 0 Å². The van der Waals surface area contributed by atoms with Crippen LogP contribution in [0.15, 0.2) is 46.3 Å². The molecule has 6 heteroatoms. The SMILES string of the molecule is Nc1[nH]ncc1-c1nc(-c2cc3ccccc3o2)cs1. The lowest BCUT2D eigenvalue weighted by atomic mass is 10.2. The van der Waals surface area contributed by atoms with Gasteiger partial charge >= 0.3 is 0 Å². The van der Waals surface area contributed by atoms with E-state index in [2.05, 4.69) is 15.2 Å². The monoisotopic (exact) mass is 282 g/mol. The smallest absolute Gasteiger partial charge is 0.154 e. The van der Waals surface area contributed by atoms with Crippen LogP contribution in [0, 0.1) is 0 Å². The Morgan fingerprint density at radius 3 is 2.95 bits per heavy atom. The van der Waals surface area contributed by atoms with E-state index in [0.29, 0.717) is 5.82 Å². The van der Waals surface area contributed by atoms with E-state index in [-0.39, 0.29) is 0 Å². The van der Waals surface area contributed by atoms with Crippen molar-refractivity contribution < 1.29 is 4.42 Å². The van der Waals surface area contributed by atoms with Crippen molar-refractivity contribution in [2.75, 3.05) is 5.73 Å². The number of anilines is 1. The Kier molecular flexibility index (Phi) is 2.37. The summed E-state index contributed by atoms with van der Waals surface area (Å²) < 4.78 is 5.80. The Labute approximate surface area is 118 Å². The minimum Gasteiger partial charge on any atom is -0.454 e. The number of para-hydroxylation sites is 1. The van der Waals surface area contributed by atoms with Gasteiger partial charge in [-0.2, -0.15) is 5.10 Å². The van der Waals surface area contributed by atoms with E-state index in [1.165, 1.54) is 11.3 Å². The molecule has 0 aliphatic carbocycles. The van der Waals surface area contributed by atoms with Crippen LogP contribution in [0.1, 0.15) is 0 Å². The molecule has 20 heavy (non-hydrogen) atoms. The number of nitrogens with two attached hydrogens (primary N) is 1. The number of aromatic nitrogens is 3. The molecular formula is C14H10N4OS. The number of rotatable bonds is 2. The fourth-order valence-corrected chi connectivity index (χ4v) is 2.92. The summed E-state index contributed by atoms with van der Waals surface area (Å²) in [5, 5.41) is 10.5. The Morgan fingerprint density at radius 2 is 2.15 bits per heavy atom. The lowest BCUT2D eigenvalue weighted by Gasteiger charge is -1.91. The van der Waals surface area contributed by atoms with Gasteiger partial charge in [0.15, 0.2) is 5.76 Å². The van der Waals surface area contributed by atoms with E-state index in [4.69, 9.17) is 10.2 Å². The van der Waals surface area contributed by atoms with Crippen molar-refractivity contribution in [1.82, 2.24) is 15.2 Å². The molecule has 0 bridgehead atoms. The number of furan rings is 1. The molecule has 0 saturated carbocycles. The van der Waals surface area contributed by atoms with E-state index < -0.39 is 0 Å². The van der Waals surface area contributed by atoms with E-state index >= 15 is 0 Å². The quantitative estimate of drug-likeness (QED) is 0.589. The molecule has 0 aliphatic heterocycles. The Bertz CT molecular complexity index is 856. The Balaban J connectivity index is 1.80.